The van der Waals surface area contributed by atoms with E-state index in [2.05, 4.69) is 15.6 Å². The molecule has 0 radical (unpaired) electrons. The average Bonchev–Trinajstić information content (AvgIpc) is 2.01. The zero-order valence-electron chi connectivity index (χ0n) is 7.05. The Kier molecular flexibility index (Phi) is 2.30. The van der Waals surface area contributed by atoms with Gasteiger partial charge in [-0.05, 0) is 0 Å². The second-order valence-corrected chi connectivity index (χ2v) is 3.88. The summed E-state index contributed by atoms with van der Waals surface area (Å²) in [4.78, 5) is 12.5. The van der Waals surface area contributed by atoms with Crippen molar-refractivity contribution in [3.63, 3.8) is 0 Å². The topological polar surface area (TPSA) is 20.3 Å². The fourth-order valence-electron chi connectivity index (χ4n) is 1.28. The van der Waals surface area contributed by atoms with Crippen LogP contribution in [0.15, 0.2) is 0 Å². The molecule has 0 aromatic carbocycles. The molecule has 7 heteroatoms. The molecule has 74 valence electrons. The molecule has 1 amide bonds. The van der Waals surface area contributed by atoms with E-state index >= 15 is 0 Å². The van der Waals surface area contributed by atoms with E-state index in [1.54, 1.807) is 11.9 Å². The number of rotatable bonds is 0. The third-order valence-electron chi connectivity index (χ3n) is 1.93. The van der Waals surface area contributed by atoms with Crippen molar-refractivity contribution in [2.45, 2.75) is 6.18 Å². The summed E-state index contributed by atoms with van der Waals surface area (Å²) in [5, 5.41) is 0. The van der Waals surface area contributed by atoms with Crippen molar-refractivity contribution < 1.29 is 22.4 Å². The number of hydrogen-bond acceptors (Lipinski definition) is 2. The van der Waals surface area contributed by atoms with Crippen molar-refractivity contribution in [2.24, 2.45) is 0 Å². The fourth-order valence-corrected chi connectivity index (χ4v) is 1.69. The van der Waals surface area contributed by atoms with Crippen LogP contribution in [0.4, 0.5) is 13.2 Å². The van der Waals surface area contributed by atoms with Gasteiger partial charge < -0.3 is 0 Å². The normalized spacial score (nSPS) is 28.7. The molecule has 1 fully saturated rings. The van der Waals surface area contributed by atoms with Crippen molar-refractivity contribution in [2.75, 3.05) is 20.8 Å². The van der Waals surface area contributed by atoms with Gasteiger partial charge in [0.1, 0.15) is 0 Å². The van der Waals surface area contributed by atoms with E-state index in [9.17, 15) is 18.0 Å². The zero-order valence-corrected chi connectivity index (χ0v) is 8.76. The Labute approximate surface area is 81.0 Å². The van der Waals surface area contributed by atoms with Crippen LogP contribution in [0.5, 0.6) is 0 Å². The van der Waals surface area contributed by atoms with Crippen molar-refractivity contribution in [3.8, 4) is 0 Å². The molecular formula is C6H8F3N2OSe+. The van der Waals surface area contributed by atoms with Gasteiger partial charge in [-0.15, -0.1) is 0 Å². The molecular weight excluding hydrogens is 252 g/mol. The van der Waals surface area contributed by atoms with Crippen LogP contribution in [-0.4, -0.2) is 62.5 Å². The van der Waals surface area contributed by atoms with Crippen molar-refractivity contribution in [3.05, 3.63) is 0 Å². The third-order valence-corrected chi connectivity index (χ3v) is 3.43. The molecule has 0 saturated carbocycles. The second kappa shape index (κ2) is 2.80. The molecule has 1 aliphatic heterocycles. The second-order valence-electron chi connectivity index (χ2n) is 3.12. The summed E-state index contributed by atoms with van der Waals surface area (Å²) in [7, 11) is 2.86. The molecule has 13 heavy (non-hydrogen) atoms. The zero-order chi connectivity index (χ0) is 10.4. The predicted molar refractivity (Wildman–Crippen MR) is 40.6 cm³/mol. The Hall–Kier alpha value is -0.391. The summed E-state index contributed by atoms with van der Waals surface area (Å²) in [5.74, 6) is -1.74. The van der Waals surface area contributed by atoms with Gasteiger partial charge in [-0.3, -0.25) is 0 Å². The van der Waals surface area contributed by atoms with E-state index in [4.69, 9.17) is 0 Å². The molecule has 1 rings (SSSR count). The van der Waals surface area contributed by atoms with Gasteiger partial charge in [-0.2, -0.15) is 0 Å². The van der Waals surface area contributed by atoms with Crippen LogP contribution in [0.2, 0.25) is 0 Å². The van der Waals surface area contributed by atoms with Gasteiger partial charge in [0.25, 0.3) is 0 Å². The fraction of sp³-hybridized carbons (Fsp3) is 0.667. The first kappa shape index (κ1) is 10.7. The summed E-state index contributed by atoms with van der Waals surface area (Å²) in [6, 6.07) is 0. The monoisotopic (exact) mass is 261 g/mol. The molecule has 0 bridgehead atoms. The number of halogens is 3. The molecule has 1 heterocycles. The van der Waals surface area contributed by atoms with E-state index in [0.29, 0.717) is 4.67 Å². The molecule has 1 atom stereocenters. The van der Waals surface area contributed by atoms with Crippen molar-refractivity contribution >= 4 is 26.1 Å². The Bertz CT molecular complexity index is 278. The minimum absolute atomic E-state index is 0.0562. The molecule has 0 aromatic rings. The number of quaternary nitrogens is 1. The van der Waals surface area contributed by atoms with Crippen molar-refractivity contribution in [1.82, 2.24) is 4.90 Å². The van der Waals surface area contributed by atoms with Gasteiger partial charge in [0, 0.05) is 0 Å². The molecule has 1 unspecified atom stereocenters. The van der Waals surface area contributed by atoms with E-state index in [0.717, 1.165) is 0 Å². The number of carbonyl (C=O) groups excluding carboxylic acids is 1. The number of nitrogens with zero attached hydrogens (tertiary/aromatic N) is 2. The molecule has 0 N–H and O–H groups in total. The standard InChI is InChI=1S/C6H8F3N2OSe/c1-10-3-11(2,5(10)13)4(12)6(7,8)9/h3H2,1-2H3/q+1. The van der Waals surface area contributed by atoms with Crippen LogP contribution in [0, 0.1) is 0 Å². The van der Waals surface area contributed by atoms with Crippen LogP contribution < -0.4 is 0 Å². The van der Waals surface area contributed by atoms with Crippen LogP contribution in [-0.2, 0) is 4.79 Å². The first-order valence-corrected chi connectivity index (χ1v) is 4.28. The SMILES string of the molecule is CN1C[N+](C)(C(=O)C(F)(F)F)C1=[Se]. The van der Waals surface area contributed by atoms with E-state index < -0.39 is 16.6 Å². The maximum absolute atomic E-state index is 12.1. The maximum atomic E-state index is 12.1. The van der Waals surface area contributed by atoms with Gasteiger partial charge >= 0.3 is 80.4 Å². The average molecular weight is 260 g/mol. The van der Waals surface area contributed by atoms with Gasteiger partial charge in [-0.1, -0.05) is 0 Å². The van der Waals surface area contributed by atoms with Crippen LogP contribution in [0.1, 0.15) is 0 Å². The van der Waals surface area contributed by atoms with Crippen LogP contribution in [0.3, 0.4) is 0 Å². The van der Waals surface area contributed by atoms with Crippen LogP contribution >= 0.6 is 0 Å². The Morgan fingerprint density at radius 1 is 1.62 bits per heavy atom. The van der Waals surface area contributed by atoms with Crippen molar-refractivity contribution in [1.29, 1.82) is 0 Å². The summed E-state index contributed by atoms with van der Waals surface area (Å²) in [5.41, 5.74) is 0. The van der Waals surface area contributed by atoms with E-state index in [-0.39, 0.29) is 6.67 Å². The summed E-state index contributed by atoms with van der Waals surface area (Å²) < 4.78 is 35.8. The predicted octanol–water partition coefficient (Wildman–Crippen LogP) is -0.319. The van der Waals surface area contributed by atoms with E-state index in [1.807, 2.05) is 0 Å². The third kappa shape index (κ3) is 1.51. The molecule has 0 aromatic heterocycles. The van der Waals surface area contributed by atoms with Gasteiger partial charge in [0.2, 0.25) is 0 Å². The molecule has 0 spiro atoms. The molecule has 1 aliphatic rings. The summed E-state index contributed by atoms with van der Waals surface area (Å²) >= 11 is 2.46. The van der Waals surface area contributed by atoms with Gasteiger partial charge in [0.05, 0.1) is 0 Å². The van der Waals surface area contributed by atoms with Crippen LogP contribution in [0.25, 0.3) is 0 Å². The summed E-state index contributed by atoms with van der Waals surface area (Å²) in [6.07, 6.45) is -4.77. The molecule has 0 aliphatic carbocycles. The number of amides is 1. The Morgan fingerprint density at radius 2 is 2.08 bits per heavy atom. The quantitative estimate of drug-likeness (QED) is 0.439. The number of alkyl halides is 3. The number of hydrogen-bond donors (Lipinski definition) is 0. The minimum atomic E-state index is -4.77. The Morgan fingerprint density at radius 3 is 2.31 bits per heavy atom. The first-order chi connectivity index (χ1) is 5.69. The van der Waals surface area contributed by atoms with E-state index in [1.165, 1.54) is 7.05 Å². The van der Waals surface area contributed by atoms with Gasteiger partial charge in [-0.25, -0.2) is 0 Å². The number of carbonyl (C=O) groups is 1. The first-order valence-electron chi connectivity index (χ1n) is 3.42. The molecule has 3 nitrogen and oxygen atoms in total. The summed E-state index contributed by atoms with van der Waals surface area (Å²) in [6.45, 7) is 0.0562. The molecule has 1 saturated heterocycles. The Balaban J connectivity index is 2.86. The van der Waals surface area contributed by atoms with Gasteiger partial charge in [0.15, 0.2) is 0 Å².